The molecule has 0 amide bonds. The van der Waals surface area contributed by atoms with Crippen molar-refractivity contribution in [3.05, 3.63) is 384 Å². The van der Waals surface area contributed by atoms with Crippen LogP contribution >= 0.6 is 0 Å². The van der Waals surface area contributed by atoms with Gasteiger partial charge in [-0.3, -0.25) is 0 Å². The zero-order chi connectivity index (χ0) is 97.4. The monoisotopic (exact) mass is 1710 g/mol. The first kappa shape index (κ1) is 72.1. The molecule has 12 aromatic carbocycles. The lowest BCUT2D eigenvalue weighted by molar-refractivity contribution is -0.660. The molecule has 0 atom stereocenters. The maximum atomic E-state index is 8.21. The zero-order valence-corrected chi connectivity index (χ0v) is 74.8. The van der Waals surface area contributed by atoms with Gasteiger partial charge in [-0.2, -0.15) is 0 Å². The van der Waals surface area contributed by atoms with E-state index < -0.39 is 20.6 Å². The van der Waals surface area contributed by atoms with E-state index >= 15 is 0 Å². The van der Waals surface area contributed by atoms with E-state index in [0.717, 1.165) is 198 Å². The highest BCUT2D eigenvalue weighted by atomic mass is 16.4. The van der Waals surface area contributed by atoms with Crippen LogP contribution < -0.4 is 18.3 Å². The molecule has 0 saturated carbocycles. The van der Waals surface area contributed by atoms with Crippen molar-refractivity contribution in [2.75, 3.05) is 0 Å². The van der Waals surface area contributed by atoms with Gasteiger partial charge >= 0.3 is 0 Å². The standard InChI is InChI=1S/C31H27N2O.C30H25N2O.2C29H23N2O/c1-18-10-13-22(14-11-18)26-16-27(33(5)17-20(26)3)28-19(2)12-15-25-29-24-9-7-6-8-23(24)21(4)32-31(29)34-30(25)28;1-18-9-12-21(13-10-18)25-15-26(32(4)17-20(25)3)27-19(2)11-14-24-28-23-8-6-5-7-22(23)16-31-30(28)33-29(24)27;1-18-13-14-23-27-22-12-8-7-11-21(22)16-30-29(27)32-28(23)26(18)25-15-24(19(2)17-31(25)3)20-9-5-4-6-10-20;1-18-8-11-20(12-9-18)21-14-15-31(3)25(16-21)26-19(2)10-13-24-27-23-7-5-4-6-22(23)17-30-29(27)32-28(24)26/h6-17H,1-5H3;5-17H,1-4H3;2*4-17H,1-3H3/q4*+1/i2*3D3;2D3;. The van der Waals surface area contributed by atoms with Crippen molar-refractivity contribution in [3.63, 3.8) is 0 Å². The van der Waals surface area contributed by atoms with Crippen molar-refractivity contribution in [1.29, 1.82) is 0 Å². The number of hydrogen-bond acceptors (Lipinski definition) is 8. The van der Waals surface area contributed by atoms with Gasteiger partial charge in [-0.25, -0.2) is 38.2 Å². The quantitative estimate of drug-likeness (QED) is 0.138. The summed E-state index contributed by atoms with van der Waals surface area (Å²) in [5.74, 6) is 0. The van der Waals surface area contributed by atoms with Gasteiger partial charge in [-0.05, 0) is 164 Å². The van der Waals surface area contributed by atoms with E-state index in [-0.39, 0.29) is 0 Å². The Balaban J connectivity index is 0.000000111. The maximum absolute atomic E-state index is 8.21. The minimum Gasteiger partial charge on any atom is -0.437 e. The molecule has 12 aromatic heterocycles. The van der Waals surface area contributed by atoms with Crippen molar-refractivity contribution in [2.24, 2.45) is 28.2 Å². The fraction of sp³-hybridized carbons (Fsp3) is 0.126. The second kappa shape index (κ2) is 33.1. The molecular formula is C119H98N8O4+4. The van der Waals surface area contributed by atoms with Gasteiger partial charge in [0.25, 0.3) is 0 Å². The van der Waals surface area contributed by atoms with Crippen molar-refractivity contribution < 1.29 is 48.3 Å². The van der Waals surface area contributed by atoms with Crippen LogP contribution in [0.1, 0.15) is 73.7 Å². The van der Waals surface area contributed by atoms with Gasteiger partial charge in [0, 0.05) is 127 Å². The SMILES string of the molecule is Cc1ccc(-c2cc[n+](C)c(-c3c(C)ccc4c3oc3ncc5ccccc5c34)c2)cc1.[2H]C([2H])([2H])c1c[n+](C)c(-c2c(C)ccc3c2oc2nc(C)c4ccccc4c23)cc1-c1ccc(C)cc1.[2H]C([2H])([2H])c1c[n+](C)c(-c2c(C)ccc3c2oc2ncc4ccccc4c23)cc1-c1ccc(C)cc1.[2H]C([2H])([2H])c1c[n+](C)c(-c2c(C)ccc3c2oc2ncc4ccccc4c23)cc1-c1ccccc1. The molecule has 0 fully saturated rings. The summed E-state index contributed by atoms with van der Waals surface area (Å²) in [5, 5.41) is 17.0. The average Bonchev–Trinajstić information content (AvgIpc) is 1.57. The number of furan rings is 4. The lowest BCUT2D eigenvalue weighted by Gasteiger charge is -2.10. The Kier molecular flexibility index (Phi) is 18.2. The van der Waals surface area contributed by atoms with Gasteiger partial charge < -0.3 is 17.7 Å². The first-order chi connectivity index (χ1) is 67.3. The highest BCUT2D eigenvalue weighted by Gasteiger charge is 2.30. The van der Waals surface area contributed by atoms with E-state index in [1.807, 2.05) is 221 Å². The van der Waals surface area contributed by atoms with Crippen LogP contribution in [0.25, 0.3) is 221 Å². The topological polar surface area (TPSA) is 120 Å². The predicted molar refractivity (Wildman–Crippen MR) is 536 cm³/mol. The summed E-state index contributed by atoms with van der Waals surface area (Å²) in [6.07, 6.45) is 12.9. The minimum absolute atomic E-state index is 0.317. The maximum Gasteiger partial charge on any atom is 0.228 e. The molecule has 131 heavy (non-hydrogen) atoms. The van der Waals surface area contributed by atoms with Crippen LogP contribution in [-0.2, 0) is 28.2 Å². The van der Waals surface area contributed by atoms with E-state index in [0.29, 0.717) is 56.2 Å². The lowest BCUT2D eigenvalue weighted by Crippen LogP contribution is -2.31. The molecule has 0 aliphatic heterocycles. The molecule has 0 bridgehead atoms. The highest BCUT2D eigenvalue weighted by molar-refractivity contribution is 6.23. The van der Waals surface area contributed by atoms with Gasteiger partial charge in [0.1, 0.15) is 28.2 Å². The summed E-state index contributed by atoms with van der Waals surface area (Å²) >= 11 is 0. The number of fused-ring (bicyclic) bond motifs is 20. The van der Waals surface area contributed by atoms with E-state index in [9.17, 15) is 0 Å². The normalized spacial score (nSPS) is 12.9. The van der Waals surface area contributed by atoms with Crippen molar-refractivity contribution in [3.8, 4) is 89.5 Å². The molecule has 0 aliphatic rings. The molecule has 12 heterocycles. The molecule has 24 aromatic rings. The minimum atomic E-state index is -2.25. The molecular weight excluding hydrogens is 1610 g/mol. The van der Waals surface area contributed by atoms with Crippen molar-refractivity contribution in [1.82, 2.24) is 19.9 Å². The first-order valence-electron chi connectivity index (χ1n) is 48.5. The summed E-state index contributed by atoms with van der Waals surface area (Å²) in [4.78, 5) is 18.6. The molecule has 634 valence electrons. The van der Waals surface area contributed by atoms with E-state index in [4.69, 9.17) is 35.0 Å². The molecule has 0 spiro atoms. The predicted octanol–water partition coefficient (Wildman–Crippen LogP) is 28.6. The van der Waals surface area contributed by atoms with Crippen LogP contribution in [0, 0.1) is 75.9 Å². The van der Waals surface area contributed by atoms with Gasteiger partial charge in [0.15, 0.2) is 47.1 Å². The molecule has 0 unspecified atom stereocenters. The highest BCUT2D eigenvalue weighted by Crippen LogP contribution is 2.47. The van der Waals surface area contributed by atoms with Crippen molar-refractivity contribution in [2.45, 2.75) is 75.9 Å². The van der Waals surface area contributed by atoms with E-state index in [2.05, 4.69) is 200 Å². The number of hydrogen-bond donors (Lipinski definition) is 0. The third-order valence-corrected chi connectivity index (χ3v) is 25.9. The molecule has 12 nitrogen and oxygen atoms in total. The van der Waals surface area contributed by atoms with Gasteiger partial charge in [-0.1, -0.05) is 265 Å². The number of aryl methyl sites for hydroxylation is 15. The van der Waals surface area contributed by atoms with Crippen LogP contribution in [0.3, 0.4) is 0 Å². The Labute approximate surface area is 772 Å². The number of nitrogens with zero attached hydrogens (tertiary/aromatic N) is 8. The van der Waals surface area contributed by atoms with E-state index in [1.54, 1.807) is 18.6 Å². The molecule has 0 saturated heterocycles. The van der Waals surface area contributed by atoms with E-state index in [1.165, 1.54) is 27.6 Å². The zero-order valence-electron chi connectivity index (χ0n) is 83.8. The Morgan fingerprint density at radius 3 is 0.924 bits per heavy atom. The second-order valence-electron chi connectivity index (χ2n) is 34.6. The molecule has 0 N–H and O–H groups in total. The Morgan fingerprint density at radius 2 is 0.557 bits per heavy atom. The number of rotatable bonds is 8. The average molecular weight is 1710 g/mol. The summed E-state index contributed by atoms with van der Waals surface area (Å²) in [6, 6.07) is 94.5. The van der Waals surface area contributed by atoms with Gasteiger partial charge in [0.2, 0.25) is 45.6 Å². The second-order valence-corrected chi connectivity index (χ2v) is 34.6. The Bertz CT molecular complexity index is 9160. The summed E-state index contributed by atoms with van der Waals surface area (Å²) in [7, 11) is 7.75. The van der Waals surface area contributed by atoms with Crippen LogP contribution in [-0.4, -0.2) is 19.9 Å². The van der Waals surface area contributed by atoms with Gasteiger partial charge in [-0.15, -0.1) is 0 Å². The Hall–Kier alpha value is -15.9. The van der Waals surface area contributed by atoms with Crippen LogP contribution in [0.15, 0.2) is 340 Å². The third kappa shape index (κ3) is 14.5. The smallest absolute Gasteiger partial charge is 0.228 e. The molecule has 0 aliphatic carbocycles. The van der Waals surface area contributed by atoms with Crippen LogP contribution in [0.2, 0.25) is 0 Å². The lowest BCUT2D eigenvalue weighted by atomic mass is 9.95. The molecule has 24 rings (SSSR count). The molecule has 12 heteroatoms. The summed E-state index contributed by atoms with van der Waals surface area (Å²) < 4.78 is 107. The van der Waals surface area contributed by atoms with Crippen molar-refractivity contribution >= 4 is 131 Å². The Morgan fingerprint density at radius 1 is 0.252 bits per heavy atom. The van der Waals surface area contributed by atoms with Gasteiger partial charge in [0.05, 0.1) is 43.8 Å². The molecule has 0 radical (unpaired) electrons. The summed E-state index contributed by atoms with van der Waals surface area (Å²) in [6.45, 7) is 9.72. The fourth-order valence-corrected chi connectivity index (χ4v) is 19.0. The number of benzene rings is 12. The third-order valence-electron chi connectivity index (χ3n) is 25.9. The van der Waals surface area contributed by atoms with Crippen LogP contribution in [0.5, 0.6) is 0 Å². The number of pyridine rings is 8. The van der Waals surface area contributed by atoms with Crippen LogP contribution in [0.4, 0.5) is 0 Å². The summed E-state index contributed by atoms with van der Waals surface area (Å²) in [5.41, 5.74) is 30.1. The number of aromatic nitrogens is 8. The first-order valence-corrected chi connectivity index (χ1v) is 44.0. The fourth-order valence-electron chi connectivity index (χ4n) is 19.0. The largest absolute Gasteiger partial charge is 0.437 e.